The van der Waals surface area contributed by atoms with Gasteiger partial charge in [-0.05, 0) is 59.3 Å². The first-order valence-corrected chi connectivity index (χ1v) is 6.89. The van der Waals surface area contributed by atoms with Gasteiger partial charge in [0, 0.05) is 13.1 Å². The van der Waals surface area contributed by atoms with Crippen molar-refractivity contribution in [1.82, 2.24) is 5.32 Å². The fraction of sp³-hybridized carbons (Fsp3) is 0.333. The third-order valence-electron chi connectivity index (χ3n) is 3.18. The molecule has 90 valence electrons. The molecule has 0 bridgehead atoms. The Hall–Kier alpha value is -1.12. The van der Waals surface area contributed by atoms with E-state index in [0.29, 0.717) is 0 Å². The molecule has 0 unspecified atom stereocenters. The highest BCUT2D eigenvalue weighted by atomic mass is 32.1. The Morgan fingerprint density at radius 1 is 0.941 bits per heavy atom. The van der Waals surface area contributed by atoms with Crippen LogP contribution in [0.4, 0.5) is 0 Å². The van der Waals surface area contributed by atoms with Gasteiger partial charge in [0.05, 0.1) is 0 Å². The van der Waals surface area contributed by atoms with Crippen LogP contribution in [0.1, 0.15) is 27.8 Å². The maximum atomic E-state index is 3.50. The van der Waals surface area contributed by atoms with Crippen LogP contribution in [-0.2, 0) is 13.1 Å². The number of aryl methyl sites for hydroxylation is 3. The van der Waals surface area contributed by atoms with Gasteiger partial charge in [-0.2, -0.15) is 11.3 Å². The molecule has 0 amide bonds. The van der Waals surface area contributed by atoms with Crippen molar-refractivity contribution in [2.75, 3.05) is 0 Å². The second kappa shape index (κ2) is 5.48. The van der Waals surface area contributed by atoms with Gasteiger partial charge in [-0.3, -0.25) is 0 Å². The molecule has 0 saturated heterocycles. The fourth-order valence-electron chi connectivity index (χ4n) is 1.82. The van der Waals surface area contributed by atoms with Crippen LogP contribution in [-0.4, -0.2) is 0 Å². The van der Waals surface area contributed by atoms with Crippen LogP contribution in [0.5, 0.6) is 0 Å². The number of rotatable bonds is 4. The second-order valence-corrected chi connectivity index (χ2v) is 5.35. The quantitative estimate of drug-likeness (QED) is 0.859. The molecule has 0 radical (unpaired) electrons. The van der Waals surface area contributed by atoms with Gasteiger partial charge < -0.3 is 5.32 Å². The van der Waals surface area contributed by atoms with E-state index >= 15 is 0 Å². The molecule has 1 aromatic carbocycles. The zero-order valence-electron chi connectivity index (χ0n) is 10.7. The minimum atomic E-state index is 0.941. The van der Waals surface area contributed by atoms with Crippen molar-refractivity contribution in [3.63, 3.8) is 0 Å². The van der Waals surface area contributed by atoms with E-state index in [1.165, 1.54) is 27.8 Å². The lowest BCUT2D eigenvalue weighted by Crippen LogP contribution is -2.12. The average Bonchev–Trinajstić information content (AvgIpc) is 2.70. The summed E-state index contributed by atoms with van der Waals surface area (Å²) < 4.78 is 0. The number of nitrogens with one attached hydrogen (secondary N) is 1. The topological polar surface area (TPSA) is 12.0 Å². The molecule has 1 N–H and O–H groups in total. The van der Waals surface area contributed by atoms with Crippen molar-refractivity contribution < 1.29 is 0 Å². The van der Waals surface area contributed by atoms with Crippen LogP contribution < -0.4 is 5.32 Å². The van der Waals surface area contributed by atoms with Crippen molar-refractivity contribution >= 4 is 11.3 Å². The van der Waals surface area contributed by atoms with E-state index in [0.717, 1.165) is 13.1 Å². The molecule has 1 nitrogen and oxygen atoms in total. The molecule has 0 atom stereocenters. The molecule has 2 heteroatoms. The average molecular weight is 245 g/mol. The zero-order chi connectivity index (χ0) is 12.3. The first kappa shape index (κ1) is 12.3. The first-order chi connectivity index (χ1) is 8.16. The Balaban J connectivity index is 1.90. The number of hydrogen-bond donors (Lipinski definition) is 1. The van der Waals surface area contributed by atoms with Crippen LogP contribution in [0.15, 0.2) is 29.0 Å². The van der Waals surface area contributed by atoms with Crippen LogP contribution in [0.25, 0.3) is 0 Å². The Morgan fingerprint density at radius 2 is 1.76 bits per heavy atom. The zero-order valence-corrected chi connectivity index (χ0v) is 11.5. The van der Waals surface area contributed by atoms with Crippen molar-refractivity contribution in [2.45, 2.75) is 33.9 Å². The molecule has 2 rings (SSSR count). The van der Waals surface area contributed by atoms with Gasteiger partial charge in [0.25, 0.3) is 0 Å². The number of hydrogen-bond acceptors (Lipinski definition) is 2. The predicted octanol–water partition coefficient (Wildman–Crippen LogP) is 3.96. The van der Waals surface area contributed by atoms with E-state index in [1.807, 2.05) is 0 Å². The molecular formula is C15H19NS. The standard InChI is InChI=1S/C15H19NS/c1-11-4-5-14(6-12(11)2)7-16-8-15-10-17-9-13(15)3/h4-6,9-10,16H,7-8H2,1-3H3. The molecule has 0 aliphatic rings. The summed E-state index contributed by atoms with van der Waals surface area (Å²) in [6.07, 6.45) is 0. The van der Waals surface area contributed by atoms with Gasteiger partial charge in [0.2, 0.25) is 0 Å². The molecule has 2 aromatic rings. The van der Waals surface area contributed by atoms with Gasteiger partial charge in [0.15, 0.2) is 0 Å². The smallest absolute Gasteiger partial charge is 0.0219 e. The summed E-state index contributed by atoms with van der Waals surface area (Å²) in [5.41, 5.74) is 6.90. The van der Waals surface area contributed by atoms with Crippen LogP contribution in [0, 0.1) is 20.8 Å². The minimum absolute atomic E-state index is 0.941. The van der Waals surface area contributed by atoms with Gasteiger partial charge in [-0.1, -0.05) is 18.2 Å². The Labute approximate surface area is 108 Å². The third kappa shape index (κ3) is 3.18. The molecule has 1 heterocycles. The molecular weight excluding hydrogens is 226 g/mol. The Bertz CT molecular complexity index is 499. The lowest BCUT2D eigenvalue weighted by molar-refractivity contribution is 0.692. The van der Waals surface area contributed by atoms with E-state index < -0.39 is 0 Å². The molecule has 17 heavy (non-hydrogen) atoms. The summed E-state index contributed by atoms with van der Waals surface area (Å²) in [6, 6.07) is 6.67. The summed E-state index contributed by atoms with van der Waals surface area (Å²) >= 11 is 1.78. The Kier molecular flexibility index (Phi) is 3.97. The van der Waals surface area contributed by atoms with E-state index in [-0.39, 0.29) is 0 Å². The van der Waals surface area contributed by atoms with Crippen LogP contribution >= 0.6 is 11.3 Å². The van der Waals surface area contributed by atoms with Gasteiger partial charge >= 0.3 is 0 Å². The molecule has 0 spiro atoms. The monoisotopic (exact) mass is 245 g/mol. The normalized spacial score (nSPS) is 10.8. The van der Waals surface area contributed by atoms with E-state index in [4.69, 9.17) is 0 Å². The predicted molar refractivity (Wildman–Crippen MR) is 75.5 cm³/mol. The lowest BCUT2D eigenvalue weighted by atomic mass is 10.1. The summed E-state index contributed by atoms with van der Waals surface area (Å²) in [6.45, 7) is 8.39. The molecule has 0 fully saturated rings. The maximum Gasteiger partial charge on any atom is 0.0219 e. The van der Waals surface area contributed by atoms with Gasteiger partial charge in [-0.25, -0.2) is 0 Å². The van der Waals surface area contributed by atoms with E-state index in [9.17, 15) is 0 Å². The molecule has 0 aliphatic heterocycles. The highest BCUT2D eigenvalue weighted by molar-refractivity contribution is 7.08. The van der Waals surface area contributed by atoms with Crippen molar-refractivity contribution in [1.29, 1.82) is 0 Å². The largest absolute Gasteiger partial charge is 0.309 e. The summed E-state index contributed by atoms with van der Waals surface area (Å²) in [4.78, 5) is 0. The molecule has 1 aromatic heterocycles. The number of benzene rings is 1. The molecule has 0 saturated carbocycles. The first-order valence-electron chi connectivity index (χ1n) is 5.95. The summed E-state index contributed by atoms with van der Waals surface area (Å²) in [5.74, 6) is 0. The van der Waals surface area contributed by atoms with Crippen molar-refractivity contribution in [2.24, 2.45) is 0 Å². The molecule has 0 aliphatic carbocycles. The van der Waals surface area contributed by atoms with Gasteiger partial charge in [-0.15, -0.1) is 0 Å². The second-order valence-electron chi connectivity index (χ2n) is 4.60. The van der Waals surface area contributed by atoms with Crippen molar-refractivity contribution in [3.05, 3.63) is 56.8 Å². The van der Waals surface area contributed by atoms with E-state index in [1.54, 1.807) is 11.3 Å². The SMILES string of the molecule is Cc1ccc(CNCc2cscc2C)cc1C. The van der Waals surface area contributed by atoms with E-state index in [2.05, 4.69) is 55.0 Å². The maximum absolute atomic E-state index is 3.50. The summed E-state index contributed by atoms with van der Waals surface area (Å²) in [7, 11) is 0. The summed E-state index contributed by atoms with van der Waals surface area (Å²) in [5, 5.41) is 7.92. The lowest BCUT2D eigenvalue weighted by Gasteiger charge is -2.07. The number of thiophene rings is 1. The van der Waals surface area contributed by atoms with Crippen molar-refractivity contribution in [3.8, 4) is 0 Å². The third-order valence-corrected chi connectivity index (χ3v) is 4.09. The fourth-order valence-corrected chi connectivity index (χ4v) is 2.68. The van der Waals surface area contributed by atoms with Crippen LogP contribution in [0.3, 0.4) is 0 Å². The highest BCUT2D eigenvalue weighted by Gasteiger charge is 1.99. The van der Waals surface area contributed by atoms with Crippen LogP contribution in [0.2, 0.25) is 0 Å². The highest BCUT2D eigenvalue weighted by Crippen LogP contribution is 2.14. The Morgan fingerprint density at radius 3 is 2.41 bits per heavy atom. The van der Waals surface area contributed by atoms with Gasteiger partial charge in [0.1, 0.15) is 0 Å². The minimum Gasteiger partial charge on any atom is -0.309 e.